The molecule has 0 spiro atoms. The van der Waals surface area contributed by atoms with E-state index in [1.54, 1.807) is 0 Å². The number of pyridine rings is 1. The number of fused-ring (bicyclic) bond motifs is 3. The molecule has 160 valence electrons. The summed E-state index contributed by atoms with van der Waals surface area (Å²) in [7, 11) is -3.90. The lowest BCUT2D eigenvalue weighted by Gasteiger charge is -2.17. The summed E-state index contributed by atoms with van der Waals surface area (Å²) in [6.45, 7) is 2.60. The molecule has 1 aromatic carbocycles. The van der Waals surface area contributed by atoms with Crippen molar-refractivity contribution >= 4 is 49.4 Å². The molecule has 9 nitrogen and oxygen atoms in total. The molecular weight excluding hydrogens is 432 g/mol. The fourth-order valence-corrected chi connectivity index (χ4v) is 5.71. The van der Waals surface area contributed by atoms with E-state index in [-0.39, 0.29) is 40.2 Å². The highest BCUT2D eigenvalue weighted by Crippen LogP contribution is 2.34. The zero-order chi connectivity index (χ0) is 21.6. The molecule has 0 saturated carbocycles. The van der Waals surface area contributed by atoms with Gasteiger partial charge in [0.05, 0.1) is 22.7 Å². The lowest BCUT2D eigenvalue weighted by molar-refractivity contribution is 0.0507. The van der Waals surface area contributed by atoms with Gasteiger partial charge in [0, 0.05) is 36.1 Å². The average Bonchev–Trinajstić information content (AvgIpc) is 3.33. The lowest BCUT2D eigenvalue weighted by atomic mass is 10.1. The Morgan fingerprint density at radius 3 is 2.83 bits per heavy atom. The molecule has 1 aliphatic heterocycles. The number of nitrogens with zero attached hydrogens (tertiary/aromatic N) is 1. The smallest absolute Gasteiger partial charge is 0.340 e. The van der Waals surface area contributed by atoms with Crippen molar-refractivity contribution in [3.63, 3.8) is 0 Å². The molecule has 1 atom stereocenters. The molecule has 0 aliphatic carbocycles. The number of nitrogens with one attached hydrogen (secondary N) is 2. The first-order valence-corrected chi connectivity index (χ1v) is 11.3. The van der Waals surface area contributed by atoms with Crippen LogP contribution in [0.4, 0.5) is 0 Å². The first-order chi connectivity index (χ1) is 14.2. The van der Waals surface area contributed by atoms with E-state index in [1.165, 1.54) is 22.6 Å². The fourth-order valence-electron chi connectivity index (χ4n) is 3.67. The minimum atomic E-state index is -3.90. The van der Waals surface area contributed by atoms with Gasteiger partial charge in [0.2, 0.25) is 10.0 Å². The SMILES string of the molecule is CCCOC(=O)c1c[nH]c2c(=O)[nH]c3cc(Cl)c(S(=O)(=O)N4CC[C@H](N)C4)cc3c12. The molecule has 4 N–H and O–H groups in total. The third-order valence-corrected chi connectivity index (χ3v) is 7.49. The van der Waals surface area contributed by atoms with E-state index in [1.807, 2.05) is 6.92 Å². The van der Waals surface area contributed by atoms with Gasteiger partial charge in [-0.2, -0.15) is 4.31 Å². The van der Waals surface area contributed by atoms with Gasteiger partial charge in [-0.25, -0.2) is 13.2 Å². The zero-order valence-corrected chi connectivity index (χ0v) is 17.8. The minimum absolute atomic E-state index is 0.0244. The van der Waals surface area contributed by atoms with E-state index in [9.17, 15) is 18.0 Å². The maximum Gasteiger partial charge on any atom is 0.340 e. The number of sulfonamides is 1. The van der Waals surface area contributed by atoms with E-state index in [0.717, 1.165) is 0 Å². The molecule has 1 aliphatic rings. The van der Waals surface area contributed by atoms with Gasteiger partial charge in [0.1, 0.15) is 10.4 Å². The molecule has 0 radical (unpaired) electrons. The summed E-state index contributed by atoms with van der Waals surface area (Å²) in [6, 6.07) is 2.54. The number of carbonyl (C=O) groups excluding carboxylic acids is 1. The van der Waals surface area contributed by atoms with Crippen molar-refractivity contribution in [1.82, 2.24) is 14.3 Å². The predicted octanol–water partition coefficient (Wildman–Crippen LogP) is 1.95. The standard InChI is InChI=1S/C19H21ClN4O5S/c1-2-5-29-19(26)12-8-22-17-16(12)11-6-15(13(20)7-14(11)23-18(17)25)30(27,28)24-4-3-10(21)9-24/h6-8,10,22H,2-5,9,21H2,1H3,(H,23,25)/t10-/m0/s1. The van der Waals surface area contributed by atoms with Gasteiger partial charge in [0.15, 0.2) is 0 Å². The highest BCUT2D eigenvalue weighted by molar-refractivity contribution is 7.89. The van der Waals surface area contributed by atoms with E-state index >= 15 is 0 Å². The number of halogens is 1. The number of aromatic amines is 2. The Morgan fingerprint density at radius 2 is 2.17 bits per heavy atom. The van der Waals surface area contributed by atoms with Crippen molar-refractivity contribution in [3.05, 3.63) is 39.3 Å². The molecule has 4 rings (SSSR count). The van der Waals surface area contributed by atoms with Crippen LogP contribution in [0.3, 0.4) is 0 Å². The van der Waals surface area contributed by atoms with Crippen LogP contribution >= 0.6 is 11.6 Å². The van der Waals surface area contributed by atoms with Crippen LogP contribution in [0.15, 0.2) is 28.0 Å². The van der Waals surface area contributed by atoms with Crippen LogP contribution in [0.1, 0.15) is 30.1 Å². The molecule has 1 saturated heterocycles. The molecular formula is C19H21ClN4O5S. The maximum atomic E-state index is 13.2. The van der Waals surface area contributed by atoms with Crippen molar-refractivity contribution < 1.29 is 17.9 Å². The number of carbonyl (C=O) groups is 1. The zero-order valence-electron chi connectivity index (χ0n) is 16.2. The van der Waals surface area contributed by atoms with Gasteiger partial charge in [-0.3, -0.25) is 4.79 Å². The van der Waals surface area contributed by atoms with E-state index in [0.29, 0.717) is 35.7 Å². The second kappa shape index (κ2) is 7.69. The number of rotatable bonds is 5. The molecule has 1 fully saturated rings. The van der Waals surface area contributed by atoms with Gasteiger partial charge >= 0.3 is 5.97 Å². The van der Waals surface area contributed by atoms with Crippen LogP contribution in [0, 0.1) is 0 Å². The molecule has 3 aromatic rings. The molecule has 30 heavy (non-hydrogen) atoms. The molecule has 11 heteroatoms. The third kappa shape index (κ3) is 3.39. The molecule has 0 unspecified atom stereocenters. The van der Waals surface area contributed by atoms with Crippen LogP contribution in [0.2, 0.25) is 5.02 Å². The van der Waals surface area contributed by atoms with E-state index in [4.69, 9.17) is 22.1 Å². The number of nitrogens with two attached hydrogens (primary N) is 1. The van der Waals surface area contributed by atoms with E-state index in [2.05, 4.69) is 9.97 Å². The first kappa shape index (κ1) is 20.9. The van der Waals surface area contributed by atoms with Crippen LogP contribution < -0.4 is 11.3 Å². The minimum Gasteiger partial charge on any atom is -0.462 e. The monoisotopic (exact) mass is 452 g/mol. The summed E-state index contributed by atoms with van der Waals surface area (Å²) in [5.74, 6) is -0.597. The van der Waals surface area contributed by atoms with Crippen molar-refractivity contribution in [1.29, 1.82) is 0 Å². The second-order valence-electron chi connectivity index (χ2n) is 7.28. The third-order valence-electron chi connectivity index (χ3n) is 5.16. The summed E-state index contributed by atoms with van der Waals surface area (Å²) in [4.78, 5) is 30.3. The number of benzene rings is 1. The van der Waals surface area contributed by atoms with Crippen molar-refractivity contribution in [3.8, 4) is 0 Å². The topological polar surface area (TPSA) is 138 Å². The Bertz CT molecular complexity index is 1310. The predicted molar refractivity (Wildman–Crippen MR) is 113 cm³/mol. The van der Waals surface area contributed by atoms with Crippen molar-refractivity contribution in [2.75, 3.05) is 19.7 Å². The molecule has 2 aromatic heterocycles. The number of ether oxygens (including phenoxy) is 1. The van der Waals surface area contributed by atoms with Gasteiger partial charge < -0.3 is 20.4 Å². The Kier molecular flexibility index (Phi) is 5.35. The van der Waals surface area contributed by atoms with Gasteiger partial charge in [0.25, 0.3) is 5.56 Å². The fraction of sp³-hybridized carbons (Fsp3) is 0.368. The van der Waals surface area contributed by atoms with Crippen LogP contribution in [-0.4, -0.2) is 54.4 Å². The number of H-pyrrole nitrogens is 2. The second-order valence-corrected chi connectivity index (χ2v) is 9.60. The first-order valence-electron chi connectivity index (χ1n) is 9.53. The van der Waals surface area contributed by atoms with Crippen molar-refractivity contribution in [2.45, 2.75) is 30.7 Å². The van der Waals surface area contributed by atoms with Crippen LogP contribution in [0.5, 0.6) is 0 Å². The van der Waals surface area contributed by atoms with Gasteiger partial charge in [-0.05, 0) is 25.0 Å². The molecule has 3 heterocycles. The highest BCUT2D eigenvalue weighted by Gasteiger charge is 2.33. The highest BCUT2D eigenvalue weighted by atomic mass is 35.5. The summed E-state index contributed by atoms with van der Waals surface area (Å²) in [5, 5.41) is 0.644. The Hall–Kier alpha value is -2.40. The summed E-state index contributed by atoms with van der Waals surface area (Å²) >= 11 is 6.29. The Morgan fingerprint density at radius 1 is 1.40 bits per heavy atom. The van der Waals surface area contributed by atoms with E-state index < -0.39 is 21.6 Å². The van der Waals surface area contributed by atoms with Crippen LogP contribution in [-0.2, 0) is 14.8 Å². The maximum absolute atomic E-state index is 13.2. The van der Waals surface area contributed by atoms with Crippen LogP contribution in [0.25, 0.3) is 21.8 Å². The quantitative estimate of drug-likeness (QED) is 0.506. The Balaban J connectivity index is 1.95. The van der Waals surface area contributed by atoms with Gasteiger partial charge in [-0.1, -0.05) is 18.5 Å². The average molecular weight is 453 g/mol. The number of hydrogen-bond acceptors (Lipinski definition) is 6. The lowest BCUT2D eigenvalue weighted by Crippen LogP contribution is -2.32. The Labute approximate surface area is 177 Å². The number of hydrogen-bond donors (Lipinski definition) is 3. The summed E-state index contributed by atoms with van der Waals surface area (Å²) in [6.07, 6.45) is 2.60. The number of aromatic nitrogens is 2. The summed E-state index contributed by atoms with van der Waals surface area (Å²) < 4.78 is 32.8. The molecule has 0 amide bonds. The summed E-state index contributed by atoms with van der Waals surface area (Å²) in [5.41, 5.74) is 6.04. The largest absolute Gasteiger partial charge is 0.462 e. The normalized spacial score (nSPS) is 17.8. The van der Waals surface area contributed by atoms with Gasteiger partial charge in [-0.15, -0.1) is 0 Å². The molecule has 0 bridgehead atoms. The number of esters is 1. The van der Waals surface area contributed by atoms with Crippen molar-refractivity contribution in [2.24, 2.45) is 5.73 Å².